The van der Waals surface area contributed by atoms with Crippen LogP contribution in [0.5, 0.6) is 5.75 Å². The van der Waals surface area contributed by atoms with Gasteiger partial charge in [0.15, 0.2) is 6.61 Å². The molecule has 0 unspecified atom stereocenters. The van der Waals surface area contributed by atoms with Gasteiger partial charge in [-0.1, -0.05) is 23.4 Å². The molecule has 0 saturated carbocycles. The molecule has 1 fully saturated rings. The van der Waals surface area contributed by atoms with Gasteiger partial charge in [0.05, 0.1) is 5.56 Å². The average molecular weight is 367 g/mol. The number of hydrogen-bond donors (Lipinski definition) is 0. The van der Waals surface area contributed by atoms with E-state index in [2.05, 4.69) is 10.1 Å². The van der Waals surface area contributed by atoms with E-state index in [1.807, 2.05) is 12.1 Å². The smallest absolute Gasteiger partial charge is 0.260 e. The molecule has 0 atom stereocenters. The molecule has 1 aliphatic heterocycles. The second kappa shape index (κ2) is 7.57. The van der Waals surface area contributed by atoms with Gasteiger partial charge < -0.3 is 14.2 Å². The Bertz CT molecular complexity index is 951. The van der Waals surface area contributed by atoms with E-state index in [4.69, 9.17) is 9.26 Å². The van der Waals surface area contributed by atoms with Crippen LogP contribution in [0.15, 0.2) is 53.1 Å². The molecule has 2 heterocycles. The van der Waals surface area contributed by atoms with Crippen molar-refractivity contribution >= 4 is 5.91 Å². The van der Waals surface area contributed by atoms with Crippen molar-refractivity contribution in [2.45, 2.75) is 12.8 Å². The lowest BCUT2D eigenvalue weighted by Gasteiger charge is -2.16. The SMILES string of the molecule is O=C(COc1ccccc1-c1noc(-c2cccc(F)c2)n1)N1CCCC1. The van der Waals surface area contributed by atoms with Gasteiger partial charge in [-0.05, 0) is 43.2 Å². The number of halogens is 1. The summed E-state index contributed by atoms with van der Waals surface area (Å²) in [5.41, 5.74) is 1.11. The Balaban J connectivity index is 1.53. The van der Waals surface area contributed by atoms with Crippen LogP contribution in [-0.4, -0.2) is 40.6 Å². The molecule has 0 spiro atoms. The number of carbonyl (C=O) groups excluding carboxylic acids is 1. The first-order chi connectivity index (χ1) is 13.2. The van der Waals surface area contributed by atoms with Crippen LogP contribution in [0.2, 0.25) is 0 Å². The third-order valence-electron chi connectivity index (χ3n) is 4.44. The summed E-state index contributed by atoms with van der Waals surface area (Å²) in [5, 5.41) is 3.97. The summed E-state index contributed by atoms with van der Waals surface area (Å²) < 4.78 is 24.4. The minimum Gasteiger partial charge on any atom is -0.483 e. The zero-order chi connectivity index (χ0) is 18.6. The monoisotopic (exact) mass is 367 g/mol. The van der Waals surface area contributed by atoms with Crippen molar-refractivity contribution in [1.82, 2.24) is 15.0 Å². The number of para-hydroxylation sites is 1. The number of benzene rings is 2. The van der Waals surface area contributed by atoms with Gasteiger partial charge in [0.1, 0.15) is 11.6 Å². The normalized spacial score (nSPS) is 13.7. The summed E-state index contributed by atoms with van der Waals surface area (Å²) in [6, 6.07) is 13.1. The number of aromatic nitrogens is 2. The molecule has 1 saturated heterocycles. The van der Waals surface area contributed by atoms with Crippen LogP contribution >= 0.6 is 0 Å². The van der Waals surface area contributed by atoms with Crippen molar-refractivity contribution in [2.24, 2.45) is 0 Å². The topological polar surface area (TPSA) is 68.5 Å². The minimum absolute atomic E-state index is 0.0316. The Hall–Kier alpha value is -3.22. The van der Waals surface area contributed by atoms with E-state index in [9.17, 15) is 9.18 Å². The van der Waals surface area contributed by atoms with E-state index in [0.717, 1.165) is 25.9 Å². The molecule has 7 heteroatoms. The van der Waals surface area contributed by atoms with Gasteiger partial charge in [0.2, 0.25) is 5.82 Å². The van der Waals surface area contributed by atoms with Gasteiger partial charge in [-0.15, -0.1) is 0 Å². The molecule has 1 amide bonds. The predicted molar refractivity (Wildman–Crippen MR) is 96.4 cm³/mol. The van der Waals surface area contributed by atoms with E-state index in [-0.39, 0.29) is 24.2 Å². The van der Waals surface area contributed by atoms with Crippen molar-refractivity contribution in [2.75, 3.05) is 19.7 Å². The summed E-state index contributed by atoms with van der Waals surface area (Å²) in [6.07, 6.45) is 2.07. The van der Waals surface area contributed by atoms with Crippen LogP contribution in [0.1, 0.15) is 12.8 Å². The number of ether oxygens (including phenoxy) is 1. The quantitative estimate of drug-likeness (QED) is 0.690. The highest BCUT2D eigenvalue weighted by molar-refractivity contribution is 5.78. The Morgan fingerprint density at radius 2 is 1.96 bits per heavy atom. The van der Waals surface area contributed by atoms with E-state index < -0.39 is 0 Å². The van der Waals surface area contributed by atoms with Gasteiger partial charge in [-0.25, -0.2) is 4.39 Å². The van der Waals surface area contributed by atoms with Crippen molar-refractivity contribution < 1.29 is 18.4 Å². The molecular formula is C20H18FN3O3. The Morgan fingerprint density at radius 3 is 2.78 bits per heavy atom. The molecule has 0 N–H and O–H groups in total. The van der Waals surface area contributed by atoms with Crippen LogP contribution in [0.4, 0.5) is 4.39 Å². The molecule has 138 valence electrons. The van der Waals surface area contributed by atoms with E-state index in [1.54, 1.807) is 29.2 Å². The fourth-order valence-electron chi connectivity index (χ4n) is 3.05. The molecule has 1 aromatic heterocycles. The van der Waals surface area contributed by atoms with Crippen LogP contribution in [0.25, 0.3) is 22.8 Å². The second-order valence-electron chi connectivity index (χ2n) is 6.31. The van der Waals surface area contributed by atoms with Crippen molar-refractivity contribution in [3.63, 3.8) is 0 Å². The third kappa shape index (κ3) is 3.81. The summed E-state index contributed by atoms with van der Waals surface area (Å²) in [5.74, 6) is 0.620. The molecule has 6 nitrogen and oxygen atoms in total. The first-order valence-electron chi connectivity index (χ1n) is 8.80. The fraction of sp³-hybridized carbons (Fsp3) is 0.250. The molecule has 0 radical (unpaired) electrons. The summed E-state index contributed by atoms with van der Waals surface area (Å²) in [6.45, 7) is 1.53. The van der Waals surface area contributed by atoms with Crippen molar-refractivity contribution in [3.8, 4) is 28.6 Å². The summed E-state index contributed by atoms with van der Waals surface area (Å²) in [7, 11) is 0. The van der Waals surface area contributed by atoms with Crippen LogP contribution in [0, 0.1) is 5.82 Å². The molecule has 3 aromatic rings. The molecule has 2 aromatic carbocycles. The first-order valence-corrected chi connectivity index (χ1v) is 8.80. The average Bonchev–Trinajstić information content (AvgIpc) is 3.38. The number of likely N-dealkylation sites (tertiary alicyclic amines) is 1. The highest BCUT2D eigenvalue weighted by Gasteiger charge is 2.20. The van der Waals surface area contributed by atoms with E-state index >= 15 is 0 Å². The first kappa shape index (κ1) is 17.2. The maximum atomic E-state index is 13.4. The highest BCUT2D eigenvalue weighted by Crippen LogP contribution is 2.29. The molecule has 27 heavy (non-hydrogen) atoms. The second-order valence-corrected chi connectivity index (χ2v) is 6.31. The van der Waals surface area contributed by atoms with Gasteiger partial charge in [-0.3, -0.25) is 4.79 Å². The summed E-state index contributed by atoms with van der Waals surface area (Å²) in [4.78, 5) is 18.3. The summed E-state index contributed by atoms with van der Waals surface area (Å²) >= 11 is 0. The molecule has 0 bridgehead atoms. The maximum absolute atomic E-state index is 13.4. The van der Waals surface area contributed by atoms with Crippen LogP contribution in [0.3, 0.4) is 0 Å². The van der Waals surface area contributed by atoms with Crippen molar-refractivity contribution in [1.29, 1.82) is 0 Å². The number of nitrogens with zero attached hydrogens (tertiary/aromatic N) is 3. The van der Waals surface area contributed by atoms with E-state index in [1.165, 1.54) is 12.1 Å². The van der Waals surface area contributed by atoms with Gasteiger partial charge in [-0.2, -0.15) is 4.98 Å². The number of amides is 1. The minimum atomic E-state index is -0.378. The lowest BCUT2D eigenvalue weighted by atomic mass is 10.2. The maximum Gasteiger partial charge on any atom is 0.260 e. The molecular weight excluding hydrogens is 349 g/mol. The highest BCUT2D eigenvalue weighted by atomic mass is 19.1. The Labute approximate surface area is 155 Å². The number of rotatable bonds is 5. The van der Waals surface area contributed by atoms with Gasteiger partial charge >= 0.3 is 0 Å². The standard InChI is InChI=1S/C20H18FN3O3/c21-15-7-5-6-14(12-15)20-22-19(23-27-20)16-8-1-2-9-17(16)26-13-18(25)24-10-3-4-11-24/h1-2,5-9,12H,3-4,10-11,13H2. The largest absolute Gasteiger partial charge is 0.483 e. The van der Waals surface area contributed by atoms with Crippen LogP contribution in [-0.2, 0) is 4.79 Å². The lowest BCUT2D eigenvalue weighted by Crippen LogP contribution is -2.32. The zero-order valence-electron chi connectivity index (χ0n) is 14.6. The zero-order valence-corrected chi connectivity index (χ0v) is 14.6. The Morgan fingerprint density at radius 1 is 1.15 bits per heavy atom. The van der Waals surface area contributed by atoms with E-state index in [0.29, 0.717) is 22.7 Å². The third-order valence-corrected chi connectivity index (χ3v) is 4.44. The lowest BCUT2D eigenvalue weighted by molar-refractivity contribution is -0.132. The van der Waals surface area contributed by atoms with Crippen molar-refractivity contribution in [3.05, 3.63) is 54.3 Å². The fourth-order valence-corrected chi connectivity index (χ4v) is 3.05. The van der Waals surface area contributed by atoms with Crippen LogP contribution < -0.4 is 4.74 Å². The van der Waals surface area contributed by atoms with Gasteiger partial charge in [0.25, 0.3) is 11.8 Å². The molecule has 0 aliphatic carbocycles. The predicted octanol–water partition coefficient (Wildman–Crippen LogP) is 3.54. The number of carbonyl (C=O) groups is 1. The number of hydrogen-bond acceptors (Lipinski definition) is 5. The van der Waals surface area contributed by atoms with Gasteiger partial charge in [0, 0.05) is 18.7 Å². The Kier molecular flexibility index (Phi) is 4.82. The molecule has 1 aliphatic rings. The molecule has 4 rings (SSSR count).